The molecule has 2 aromatic rings. The first-order chi connectivity index (χ1) is 15.0. The highest BCUT2D eigenvalue weighted by molar-refractivity contribution is 8.18. The van der Waals surface area contributed by atoms with Crippen molar-refractivity contribution in [2.24, 2.45) is 0 Å². The standard InChI is InChI=1S/C26H28N2O3S/c1-25(2)11-12-26(3,4)20-15-18(9-10-19(20)25)28(5)23(30)17-8-6-7-16(13-17)14-21-22(29)27-24(31)32-21/h6-10,13-15H,11-12H2,1-5H3,(H,27,29,31)/b21-14+. The normalized spacial score (nSPS) is 20.1. The molecule has 1 heterocycles. The van der Waals surface area contributed by atoms with E-state index in [2.05, 4.69) is 45.1 Å². The van der Waals surface area contributed by atoms with Crippen molar-refractivity contribution in [2.45, 2.75) is 51.4 Å². The quantitative estimate of drug-likeness (QED) is 0.618. The zero-order chi connectivity index (χ0) is 23.3. The maximum atomic E-state index is 13.3. The summed E-state index contributed by atoms with van der Waals surface area (Å²) in [6.45, 7) is 9.11. The van der Waals surface area contributed by atoms with Crippen molar-refractivity contribution in [1.82, 2.24) is 5.32 Å². The second-order valence-electron chi connectivity index (χ2n) is 9.84. The summed E-state index contributed by atoms with van der Waals surface area (Å²) in [6.07, 6.45) is 3.88. The first kappa shape index (κ1) is 22.3. The number of nitrogens with zero attached hydrogens (tertiary/aromatic N) is 1. The number of hydrogen-bond acceptors (Lipinski definition) is 4. The van der Waals surface area contributed by atoms with Crippen LogP contribution in [-0.4, -0.2) is 24.1 Å². The highest BCUT2D eigenvalue weighted by atomic mass is 32.2. The van der Waals surface area contributed by atoms with E-state index in [9.17, 15) is 14.4 Å². The molecule has 0 radical (unpaired) electrons. The molecule has 0 aromatic heterocycles. The molecular weight excluding hydrogens is 420 g/mol. The molecule has 1 aliphatic carbocycles. The third-order valence-electron chi connectivity index (χ3n) is 6.60. The van der Waals surface area contributed by atoms with Crippen LogP contribution in [0.3, 0.4) is 0 Å². The number of hydrogen-bond donors (Lipinski definition) is 1. The van der Waals surface area contributed by atoms with Crippen molar-refractivity contribution in [1.29, 1.82) is 0 Å². The SMILES string of the molecule is CN(C(=O)c1cccc(/C=C2/SC(=O)NC2=O)c1)c1ccc2c(c1)C(C)(C)CCC2(C)C. The molecule has 0 saturated carbocycles. The number of rotatable bonds is 3. The molecule has 1 aliphatic heterocycles. The maximum Gasteiger partial charge on any atom is 0.290 e. The third kappa shape index (κ3) is 4.11. The summed E-state index contributed by atoms with van der Waals surface area (Å²) in [6, 6.07) is 13.5. The first-order valence-corrected chi connectivity index (χ1v) is 11.6. The lowest BCUT2D eigenvalue weighted by Crippen LogP contribution is -2.34. The fourth-order valence-corrected chi connectivity index (χ4v) is 5.11. The van der Waals surface area contributed by atoms with Crippen LogP contribution in [0, 0.1) is 0 Å². The first-order valence-electron chi connectivity index (χ1n) is 10.8. The van der Waals surface area contributed by atoms with Crippen molar-refractivity contribution in [2.75, 3.05) is 11.9 Å². The Morgan fingerprint density at radius 1 is 1.00 bits per heavy atom. The molecule has 1 fully saturated rings. The number of nitrogens with one attached hydrogen (secondary N) is 1. The smallest absolute Gasteiger partial charge is 0.290 e. The number of thioether (sulfide) groups is 1. The van der Waals surface area contributed by atoms with E-state index in [1.54, 1.807) is 36.2 Å². The van der Waals surface area contributed by atoms with Gasteiger partial charge in [0.1, 0.15) is 0 Å². The molecule has 2 aromatic carbocycles. The van der Waals surface area contributed by atoms with Gasteiger partial charge in [-0.15, -0.1) is 0 Å². The third-order valence-corrected chi connectivity index (χ3v) is 7.41. The summed E-state index contributed by atoms with van der Waals surface area (Å²) >= 11 is 0.865. The zero-order valence-electron chi connectivity index (χ0n) is 19.1. The fourth-order valence-electron chi connectivity index (χ4n) is 4.43. The van der Waals surface area contributed by atoms with Crippen LogP contribution in [0.5, 0.6) is 0 Å². The molecule has 0 unspecified atom stereocenters. The molecule has 3 amide bonds. The van der Waals surface area contributed by atoms with Crippen LogP contribution in [-0.2, 0) is 15.6 Å². The van der Waals surface area contributed by atoms with E-state index in [1.165, 1.54) is 11.1 Å². The van der Waals surface area contributed by atoms with E-state index >= 15 is 0 Å². The van der Waals surface area contributed by atoms with Crippen molar-refractivity contribution in [3.8, 4) is 0 Å². The van der Waals surface area contributed by atoms with Crippen molar-refractivity contribution >= 4 is 40.6 Å². The van der Waals surface area contributed by atoms with Gasteiger partial charge in [-0.05, 0) is 82.5 Å². The van der Waals surface area contributed by atoms with E-state index in [1.807, 2.05) is 12.1 Å². The average molecular weight is 449 g/mol. The second-order valence-corrected chi connectivity index (χ2v) is 10.9. The molecular formula is C26H28N2O3S. The van der Waals surface area contributed by atoms with Gasteiger partial charge in [-0.3, -0.25) is 19.7 Å². The maximum absolute atomic E-state index is 13.3. The molecule has 0 bridgehead atoms. The van der Waals surface area contributed by atoms with Crippen molar-refractivity contribution in [3.05, 3.63) is 69.6 Å². The van der Waals surface area contributed by atoms with Gasteiger partial charge in [0.2, 0.25) is 0 Å². The second kappa shape index (κ2) is 7.93. The number of anilines is 1. The number of carbonyl (C=O) groups excluding carboxylic acids is 3. The van der Waals surface area contributed by atoms with Crippen LogP contribution >= 0.6 is 11.8 Å². The molecule has 0 spiro atoms. The Labute approximate surface area is 193 Å². The van der Waals surface area contributed by atoms with E-state index < -0.39 is 5.91 Å². The van der Waals surface area contributed by atoms with Crippen LogP contribution in [0.2, 0.25) is 0 Å². The van der Waals surface area contributed by atoms with Gasteiger partial charge in [0.05, 0.1) is 4.91 Å². The van der Waals surface area contributed by atoms with Gasteiger partial charge < -0.3 is 4.90 Å². The van der Waals surface area contributed by atoms with Crippen LogP contribution in [0.15, 0.2) is 47.4 Å². The lowest BCUT2D eigenvalue weighted by molar-refractivity contribution is -0.115. The Bertz CT molecular complexity index is 1160. The number of carbonyl (C=O) groups is 3. The van der Waals surface area contributed by atoms with Crippen LogP contribution < -0.4 is 10.2 Å². The molecule has 5 nitrogen and oxygen atoms in total. The van der Waals surface area contributed by atoms with Crippen molar-refractivity contribution in [3.63, 3.8) is 0 Å². The molecule has 166 valence electrons. The van der Waals surface area contributed by atoms with Gasteiger partial charge in [0.25, 0.3) is 17.1 Å². The van der Waals surface area contributed by atoms with E-state index in [0.717, 1.165) is 30.3 Å². The summed E-state index contributed by atoms with van der Waals surface area (Å²) < 4.78 is 0. The summed E-state index contributed by atoms with van der Waals surface area (Å²) in [5, 5.41) is 1.86. The molecule has 32 heavy (non-hydrogen) atoms. The molecule has 1 saturated heterocycles. The Morgan fingerprint density at radius 2 is 1.69 bits per heavy atom. The lowest BCUT2D eigenvalue weighted by Gasteiger charge is -2.42. The van der Waals surface area contributed by atoms with E-state index in [4.69, 9.17) is 0 Å². The summed E-state index contributed by atoms with van der Waals surface area (Å²) in [4.78, 5) is 38.5. The number of imide groups is 1. The zero-order valence-corrected chi connectivity index (χ0v) is 19.9. The van der Waals surface area contributed by atoms with Gasteiger partial charge >= 0.3 is 0 Å². The molecule has 1 N–H and O–H groups in total. The number of benzene rings is 2. The largest absolute Gasteiger partial charge is 0.311 e. The monoisotopic (exact) mass is 448 g/mol. The average Bonchev–Trinajstić information content (AvgIpc) is 3.07. The van der Waals surface area contributed by atoms with E-state index in [-0.39, 0.29) is 22.0 Å². The molecule has 0 atom stereocenters. The highest BCUT2D eigenvalue weighted by Gasteiger charge is 2.37. The summed E-state index contributed by atoms with van der Waals surface area (Å²) in [5.41, 5.74) is 4.93. The predicted molar refractivity (Wildman–Crippen MR) is 130 cm³/mol. The minimum Gasteiger partial charge on any atom is -0.311 e. The van der Waals surface area contributed by atoms with E-state index in [0.29, 0.717) is 16.0 Å². The number of fused-ring (bicyclic) bond motifs is 1. The van der Waals surface area contributed by atoms with Gasteiger partial charge in [0, 0.05) is 18.3 Å². The van der Waals surface area contributed by atoms with Gasteiger partial charge in [-0.25, -0.2) is 0 Å². The summed E-state index contributed by atoms with van der Waals surface area (Å²) in [5.74, 6) is -0.536. The number of amides is 3. The van der Waals surface area contributed by atoms with Crippen LogP contribution in [0.25, 0.3) is 6.08 Å². The molecule has 4 rings (SSSR count). The Balaban J connectivity index is 1.63. The minimum absolute atomic E-state index is 0.0633. The van der Waals surface area contributed by atoms with Crippen LogP contribution in [0.4, 0.5) is 10.5 Å². The molecule has 6 heteroatoms. The molecule has 2 aliphatic rings. The minimum atomic E-state index is -0.409. The van der Waals surface area contributed by atoms with Gasteiger partial charge in [0.15, 0.2) is 0 Å². The fraction of sp³-hybridized carbons (Fsp3) is 0.346. The Morgan fingerprint density at radius 3 is 2.34 bits per heavy atom. The Kier molecular flexibility index (Phi) is 5.53. The summed E-state index contributed by atoms with van der Waals surface area (Å²) in [7, 11) is 1.79. The predicted octanol–water partition coefficient (Wildman–Crippen LogP) is 5.64. The van der Waals surface area contributed by atoms with Gasteiger partial charge in [-0.2, -0.15) is 0 Å². The van der Waals surface area contributed by atoms with Gasteiger partial charge in [-0.1, -0.05) is 45.9 Å². The lowest BCUT2D eigenvalue weighted by atomic mass is 9.63. The van der Waals surface area contributed by atoms with Crippen molar-refractivity contribution < 1.29 is 14.4 Å². The Hall–Kier alpha value is -2.86. The topological polar surface area (TPSA) is 66.5 Å². The van der Waals surface area contributed by atoms with Crippen LogP contribution in [0.1, 0.15) is 67.6 Å². The highest BCUT2D eigenvalue weighted by Crippen LogP contribution is 2.46.